The Morgan fingerprint density at radius 2 is 1.88 bits per heavy atom. The molecule has 2 aromatic rings. The number of nitrogens with zero attached hydrogens (tertiary/aromatic N) is 2. The number of aryl methyl sites for hydroxylation is 1. The van der Waals surface area contributed by atoms with Crippen molar-refractivity contribution in [1.29, 1.82) is 0 Å². The molecule has 1 fully saturated rings. The minimum absolute atomic E-state index is 0.116. The Hall–Kier alpha value is -1.74. The molecule has 4 heteroatoms. The lowest BCUT2D eigenvalue weighted by molar-refractivity contribution is 0.296. The Kier molecular flexibility index (Phi) is 6.79. The molecule has 0 aliphatic heterocycles. The van der Waals surface area contributed by atoms with Crippen molar-refractivity contribution in [2.24, 2.45) is 11.8 Å². The van der Waals surface area contributed by atoms with Crippen molar-refractivity contribution in [2.75, 3.05) is 0 Å². The Morgan fingerprint density at radius 3 is 2.54 bits per heavy atom. The molecule has 0 atom stereocenters. The molecule has 0 saturated heterocycles. The second-order valence-electron chi connectivity index (χ2n) is 7.20. The molecule has 0 spiro atoms. The zero-order chi connectivity index (χ0) is 18.4. The summed E-state index contributed by atoms with van der Waals surface area (Å²) < 4.78 is 13.6. The van der Waals surface area contributed by atoms with E-state index in [-0.39, 0.29) is 5.02 Å². The van der Waals surface area contributed by atoms with Crippen molar-refractivity contribution in [2.45, 2.75) is 51.9 Å². The Balaban J connectivity index is 1.50. The van der Waals surface area contributed by atoms with Crippen LogP contribution in [-0.4, -0.2) is 9.97 Å². The fraction of sp³-hybridized carbons (Fsp3) is 0.455. The van der Waals surface area contributed by atoms with Crippen LogP contribution in [0, 0.1) is 17.7 Å². The van der Waals surface area contributed by atoms with Crippen LogP contribution in [0.5, 0.6) is 0 Å². The number of aromatic nitrogens is 2. The summed E-state index contributed by atoms with van der Waals surface area (Å²) in [5.41, 5.74) is 1.80. The zero-order valence-corrected chi connectivity index (χ0v) is 16.1. The van der Waals surface area contributed by atoms with Crippen LogP contribution in [0.1, 0.15) is 51.0 Å². The molecule has 0 bridgehead atoms. The summed E-state index contributed by atoms with van der Waals surface area (Å²) in [4.78, 5) is 8.80. The predicted molar refractivity (Wildman–Crippen MR) is 106 cm³/mol. The fourth-order valence-corrected chi connectivity index (χ4v) is 3.75. The highest BCUT2D eigenvalue weighted by Gasteiger charge is 2.19. The summed E-state index contributed by atoms with van der Waals surface area (Å²) in [5.74, 6) is 1.69. The van der Waals surface area contributed by atoms with Crippen molar-refractivity contribution in [3.63, 3.8) is 0 Å². The van der Waals surface area contributed by atoms with Crippen LogP contribution >= 0.6 is 11.6 Å². The van der Waals surface area contributed by atoms with E-state index in [9.17, 15) is 4.39 Å². The average molecular weight is 373 g/mol. The molecule has 138 valence electrons. The van der Waals surface area contributed by atoms with Crippen LogP contribution in [0.4, 0.5) is 4.39 Å². The average Bonchev–Trinajstić information content (AvgIpc) is 2.68. The molecule has 1 heterocycles. The summed E-state index contributed by atoms with van der Waals surface area (Å²) in [6.45, 7) is 2.19. The van der Waals surface area contributed by atoms with Gasteiger partial charge in [0.15, 0.2) is 5.82 Å². The SMILES string of the molecule is CC/C=C/C1CCC(CCc2cnc(-c3ccc(Cl)c(F)c3)nc2)CC1. The predicted octanol–water partition coefficient (Wildman–Crippen LogP) is 6.64. The molecule has 0 radical (unpaired) electrons. The van der Waals surface area contributed by atoms with Crippen molar-refractivity contribution < 1.29 is 4.39 Å². The molecular weight excluding hydrogens is 347 g/mol. The van der Waals surface area contributed by atoms with Gasteiger partial charge < -0.3 is 0 Å². The molecular formula is C22H26ClFN2. The van der Waals surface area contributed by atoms with Crippen LogP contribution in [0.3, 0.4) is 0 Å². The van der Waals surface area contributed by atoms with E-state index in [1.54, 1.807) is 6.07 Å². The monoisotopic (exact) mass is 372 g/mol. The third-order valence-corrected chi connectivity index (χ3v) is 5.57. The zero-order valence-electron chi connectivity index (χ0n) is 15.3. The molecule has 2 nitrogen and oxygen atoms in total. The van der Waals surface area contributed by atoms with Crippen LogP contribution in [0.15, 0.2) is 42.7 Å². The highest BCUT2D eigenvalue weighted by atomic mass is 35.5. The molecule has 0 unspecified atom stereocenters. The molecule has 1 aromatic carbocycles. The summed E-state index contributed by atoms with van der Waals surface area (Å²) in [5, 5.41) is 0.116. The van der Waals surface area contributed by atoms with E-state index in [1.807, 2.05) is 12.4 Å². The Labute approximate surface area is 160 Å². The Morgan fingerprint density at radius 1 is 1.15 bits per heavy atom. The second-order valence-corrected chi connectivity index (χ2v) is 7.61. The van der Waals surface area contributed by atoms with E-state index in [2.05, 4.69) is 29.0 Å². The van der Waals surface area contributed by atoms with Crippen molar-refractivity contribution in [3.05, 3.63) is 59.1 Å². The summed E-state index contributed by atoms with van der Waals surface area (Å²) in [6.07, 6.45) is 17.1. The van der Waals surface area contributed by atoms with Gasteiger partial charge in [-0.1, -0.05) is 30.7 Å². The minimum Gasteiger partial charge on any atom is -0.236 e. The fourth-order valence-electron chi connectivity index (χ4n) is 3.64. The van der Waals surface area contributed by atoms with Gasteiger partial charge in [0, 0.05) is 18.0 Å². The number of benzene rings is 1. The molecule has 3 rings (SSSR count). The first-order valence-electron chi connectivity index (χ1n) is 9.58. The topological polar surface area (TPSA) is 25.8 Å². The van der Waals surface area contributed by atoms with Crippen LogP contribution in [0.25, 0.3) is 11.4 Å². The van der Waals surface area contributed by atoms with E-state index in [0.29, 0.717) is 11.4 Å². The van der Waals surface area contributed by atoms with Crippen LogP contribution in [-0.2, 0) is 6.42 Å². The first kappa shape index (κ1) is 19.0. The molecule has 1 aliphatic carbocycles. The molecule has 1 aliphatic rings. The lowest BCUT2D eigenvalue weighted by Gasteiger charge is -2.26. The van der Waals surface area contributed by atoms with Gasteiger partial charge >= 0.3 is 0 Å². The van der Waals surface area contributed by atoms with Gasteiger partial charge in [-0.05, 0) is 80.5 Å². The van der Waals surface area contributed by atoms with Gasteiger partial charge in [-0.25, -0.2) is 14.4 Å². The van der Waals surface area contributed by atoms with E-state index in [4.69, 9.17) is 11.6 Å². The highest BCUT2D eigenvalue weighted by Crippen LogP contribution is 2.32. The third kappa shape index (κ3) is 5.14. The smallest absolute Gasteiger partial charge is 0.159 e. The standard InChI is InChI=1S/C22H26ClFN2/c1-2-3-4-16-5-7-17(8-6-16)9-10-18-14-25-22(26-15-18)19-11-12-20(23)21(24)13-19/h3-4,11-17H,2,5-10H2,1H3/b4-3+. The largest absolute Gasteiger partial charge is 0.236 e. The van der Waals surface area contributed by atoms with Crippen LogP contribution < -0.4 is 0 Å². The number of rotatable bonds is 6. The summed E-state index contributed by atoms with van der Waals surface area (Å²) in [6, 6.07) is 4.66. The lowest BCUT2D eigenvalue weighted by atomic mass is 9.79. The molecule has 1 aromatic heterocycles. The van der Waals surface area contributed by atoms with Crippen molar-refractivity contribution >= 4 is 11.6 Å². The number of hydrogen-bond donors (Lipinski definition) is 0. The third-order valence-electron chi connectivity index (χ3n) is 5.26. The van der Waals surface area contributed by atoms with E-state index < -0.39 is 5.82 Å². The van der Waals surface area contributed by atoms with Gasteiger partial charge in [0.25, 0.3) is 0 Å². The number of hydrogen-bond acceptors (Lipinski definition) is 2. The molecule has 0 N–H and O–H groups in total. The van der Waals surface area contributed by atoms with Gasteiger partial charge in [0.2, 0.25) is 0 Å². The van der Waals surface area contributed by atoms with Gasteiger partial charge in [0.1, 0.15) is 5.82 Å². The summed E-state index contributed by atoms with van der Waals surface area (Å²) >= 11 is 5.72. The maximum absolute atomic E-state index is 13.6. The maximum Gasteiger partial charge on any atom is 0.159 e. The van der Waals surface area contributed by atoms with Crippen LogP contribution in [0.2, 0.25) is 5.02 Å². The first-order chi connectivity index (χ1) is 12.7. The molecule has 0 amide bonds. The maximum atomic E-state index is 13.6. The lowest BCUT2D eigenvalue weighted by Crippen LogP contribution is -2.13. The Bertz CT molecular complexity index is 734. The van der Waals surface area contributed by atoms with Gasteiger partial charge in [-0.3, -0.25) is 0 Å². The van der Waals surface area contributed by atoms with E-state index in [1.165, 1.54) is 44.2 Å². The molecule has 26 heavy (non-hydrogen) atoms. The van der Waals surface area contributed by atoms with Gasteiger partial charge in [-0.15, -0.1) is 0 Å². The molecule has 1 saturated carbocycles. The van der Waals surface area contributed by atoms with E-state index in [0.717, 1.165) is 30.2 Å². The second kappa shape index (κ2) is 9.27. The minimum atomic E-state index is -0.443. The van der Waals surface area contributed by atoms with Crippen molar-refractivity contribution in [3.8, 4) is 11.4 Å². The first-order valence-corrected chi connectivity index (χ1v) is 9.96. The van der Waals surface area contributed by atoms with Gasteiger partial charge in [-0.2, -0.15) is 0 Å². The number of halogens is 2. The summed E-state index contributed by atoms with van der Waals surface area (Å²) in [7, 11) is 0. The number of allylic oxidation sites excluding steroid dienone is 2. The highest BCUT2D eigenvalue weighted by molar-refractivity contribution is 6.30. The van der Waals surface area contributed by atoms with Crippen molar-refractivity contribution in [1.82, 2.24) is 9.97 Å². The normalized spacial score (nSPS) is 20.6. The quantitative estimate of drug-likeness (QED) is 0.531. The van der Waals surface area contributed by atoms with Gasteiger partial charge in [0.05, 0.1) is 5.02 Å². The van der Waals surface area contributed by atoms with E-state index >= 15 is 0 Å².